The lowest BCUT2D eigenvalue weighted by atomic mass is 10.2. The van der Waals surface area contributed by atoms with Crippen LogP contribution in [0.3, 0.4) is 0 Å². The van der Waals surface area contributed by atoms with Gasteiger partial charge in [0.25, 0.3) is 11.8 Å². The molecule has 2 aromatic heterocycles. The highest BCUT2D eigenvalue weighted by atomic mass is 32.2. The number of H-pyrrole nitrogens is 1. The topological polar surface area (TPSA) is 121 Å². The first kappa shape index (κ1) is 21.0. The summed E-state index contributed by atoms with van der Waals surface area (Å²) in [6.07, 6.45) is 6.06. The molecule has 31 heavy (non-hydrogen) atoms. The van der Waals surface area contributed by atoms with Crippen LogP contribution in [0, 0.1) is 0 Å². The molecule has 2 N–H and O–H groups in total. The van der Waals surface area contributed by atoms with Gasteiger partial charge in [-0.2, -0.15) is 11.8 Å². The number of benzene rings is 1. The van der Waals surface area contributed by atoms with Crippen LogP contribution < -0.4 is 5.32 Å². The normalized spacial score (nSPS) is 14.2. The molecule has 10 heteroatoms. The van der Waals surface area contributed by atoms with Crippen molar-refractivity contribution < 1.29 is 14.4 Å². The molecule has 1 aromatic carbocycles. The molecule has 3 heterocycles. The number of para-hydroxylation sites is 2. The number of fused-ring (bicyclic) bond motifs is 2. The number of rotatable bonds is 9. The second-order valence-corrected chi connectivity index (χ2v) is 8.15. The third kappa shape index (κ3) is 4.43. The van der Waals surface area contributed by atoms with E-state index in [9.17, 15) is 14.4 Å². The monoisotopic (exact) mass is 438 g/mol. The van der Waals surface area contributed by atoms with Crippen LogP contribution in [0.5, 0.6) is 0 Å². The van der Waals surface area contributed by atoms with E-state index >= 15 is 0 Å². The standard InChI is InChI=1S/C21H22N6O3S/c1-31-12-8-15(19-25-13-5-2-3-6-14(13)26-19)24-16(28)7-4-11-27-20(29)17-18(21(27)30)23-10-9-22-17/h2-3,5-6,9-10,15H,4,7-8,11-12H2,1H3,(H,24,28)(H,25,26). The minimum Gasteiger partial charge on any atom is -0.346 e. The molecule has 1 unspecified atom stereocenters. The van der Waals surface area contributed by atoms with Gasteiger partial charge in [0.15, 0.2) is 11.4 Å². The number of hydrogen-bond donors (Lipinski definition) is 2. The first-order valence-corrected chi connectivity index (χ1v) is 11.4. The summed E-state index contributed by atoms with van der Waals surface area (Å²) < 4.78 is 0. The van der Waals surface area contributed by atoms with E-state index in [1.807, 2.05) is 30.5 Å². The van der Waals surface area contributed by atoms with Gasteiger partial charge in [-0.15, -0.1) is 0 Å². The van der Waals surface area contributed by atoms with E-state index in [0.29, 0.717) is 6.42 Å². The molecule has 0 saturated carbocycles. The number of imide groups is 1. The number of aromatic amines is 1. The van der Waals surface area contributed by atoms with Crippen LogP contribution in [0.4, 0.5) is 0 Å². The van der Waals surface area contributed by atoms with Gasteiger partial charge in [0.2, 0.25) is 5.91 Å². The number of imidazole rings is 1. The number of carbonyl (C=O) groups excluding carboxylic acids is 3. The van der Waals surface area contributed by atoms with E-state index in [1.54, 1.807) is 11.8 Å². The summed E-state index contributed by atoms with van der Waals surface area (Å²) in [5.74, 6) is 0.514. The number of aromatic nitrogens is 4. The van der Waals surface area contributed by atoms with Gasteiger partial charge >= 0.3 is 0 Å². The summed E-state index contributed by atoms with van der Waals surface area (Å²) in [5, 5.41) is 3.03. The van der Waals surface area contributed by atoms with Crippen molar-refractivity contribution in [3.63, 3.8) is 0 Å². The van der Waals surface area contributed by atoms with E-state index in [0.717, 1.165) is 33.9 Å². The molecule has 0 fully saturated rings. The van der Waals surface area contributed by atoms with Gasteiger partial charge in [-0.1, -0.05) is 12.1 Å². The Kier molecular flexibility index (Phi) is 6.26. The molecule has 1 atom stereocenters. The van der Waals surface area contributed by atoms with Crippen molar-refractivity contribution in [1.82, 2.24) is 30.2 Å². The quantitative estimate of drug-likeness (QED) is 0.492. The fraction of sp³-hybridized carbons (Fsp3) is 0.333. The van der Waals surface area contributed by atoms with Crippen LogP contribution in [0.1, 0.15) is 52.1 Å². The molecule has 160 valence electrons. The second-order valence-electron chi connectivity index (χ2n) is 7.16. The van der Waals surface area contributed by atoms with Crippen molar-refractivity contribution >= 4 is 40.5 Å². The van der Waals surface area contributed by atoms with Crippen LogP contribution in [0.25, 0.3) is 11.0 Å². The molecule has 9 nitrogen and oxygen atoms in total. The average molecular weight is 439 g/mol. The number of thioether (sulfide) groups is 1. The Hall–Kier alpha value is -3.27. The molecular formula is C21H22N6O3S. The van der Waals surface area contributed by atoms with Crippen molar-refractivity contribution in [2.24, 2.45) is 0 Å². The van der Waals surface area contributed by atoms with Crippen molar-refractivity contribution in [3.05, 3.63) is 53.9 Å². The Morgan fingerprint density at radius 1 is 1.16 bits per heavy atom. The Morgan fingerprint density at radius 2 is 1.87 bits per heavy atom. The lowest BCUT2D eigenvalue weighted by Crippen LogP contribution is -2.33. The molecular weight excluding hydrogens is 416 g/mol. The highest BCUT2D eigenvalue weighted by Crippen LogP contribution is 2.21. The maximum atomic E-state index is 12.6. The van der Waals surface area contributed by atoms with Gasteiger partial charge in [0, 0.05) is 25.4 Å². The van der Waals surface area contributed by atoms with Gasteiger partial charge < -0.3 is 10.3 Å². The molecule has 0 saturated heterocycles. The second kappa shape index (κ2) is 9.25. The van der Waals surface area contributed by atoms with Crippen molar-refractivity contribution in [3.8, 4) is 0 Å². The minimum atomic E-state index is -0.464. The van der Waals surface area contributed by atoms with Crippen molar-refractivity contribution in [2.75, 3.05) is 18.6 Å². The summed E-state index contributed by atoms with van der Waals surface area (Å²) in [5.41, 5.74) is 1.92. The zero-order valence-corrected chi connectivity index (χ0v) is 17.8. The first-order chi connectivity index (χ1) is 15.1. The van der Waals surface area contributed by atoms with E-state index in [4.69, 9.17) is 0 Å². The molecule has 3 amide bonds. The van der Waals surface area contributed by atoms with Crippen LogP contribution in [0.2, 0.25) is 0 Å². The van der Waals surface area contributed by atoms with Crippen LogP contribution in [-0.4, -0.2) is 61.1 Å². The van der Waals surface area contributed by atoms with Crippen LogP contribution >= 0.6 is 11.8 Å². The van der Waals surface area contributed by atoms with Gasteiger partial charge in [-0.25, -0.2) is 15.0 Å². The maximum Gasteiger partial charge on any atom is 0.281 e. The molecule has 0 aliphatic carbocycles. The highest BCUT2D eigenvalue weighted by Gasteiger charge is 2.37. The zero-order chi connectivity index (χ0) is 21.8. The summed E-state index contributed by atoms with van der Waals surface area (Å²) in [4.78, 5) is 54.1. The summed E-state index contributed by atoms with van der Waals surface area (Å²) in [6, 6.07) is 7.50. The van der Waals surface area contributed by atoms with Crippen LogP contribution in [0.15, 0.2) is 36.7 Å². The summed E-state index contributed by atoms with van der Waals surface area (Å²) in [6.45, 7) is 0.142. The smallest absolute Gasteiger partial charge is 0.281 e. The zero-order valence-electron chi connectivity index (χ0n) is 17.0. The van der Waals surface area contributed by atoms with E-state index < -0.39 is 11.8 Å². The molecule has 1 aliphatic heterocycles. The first-order valence-electron chi connectivity index (χ1n) is 9.98. The average Bonchev–Trinajstić information content (AvgIpc) is 3.32. The van der Waals surface area contributed by atoms with Crippen molar-refractivity contribution in [2.45, 2.75) is 25.3 Å². The Labute approximate surface area is 183 Å². The number of amides is 3. The molecule has 0 spiro atoms. The summed E-state index contributed by atoms with van der Waals surface area (Å²) in [7, 11) is 0. The number of hydrogen-bond acceptors (Lipinski definition) is 7. The molecule has 4 rings (SSSR count). The number of nitrogens with one attached hydrogen (secondary N) is 2. The third-order valence-electron chi connectivity index (χ3n) is 5.06. The highest BCUT2D eigenvalue weighted by molar-refractivity contribution is 7.98. The fourth-order valence-corrected chi connectivity index (χ4v) is 3.99. The van der Waals surface area contributed by atoms with Gasteiger partial charge in [-0.05, 0) is 37.0 Å². The van der Waals surface area contributed by atoms with E-state index in [-0.39, 0.29) is 36.3 Å². The fourth-order valence-electron chi connectivity index (χ4n) is 3.52. The Balaban J connectivity index is 1.35. The third-order valence-corrected chi connectivity index (χ3v) is 5.71. The minimum absolute atomic E-state index is 0.0685. The maximum absolute atomic E-state index is 12.6. The predicted molar refractivity (Wildman–Crippen MR) is 117 cm³/mol. The van der Waals surface area contributed by atoms with Crippen molar-refractivity contribution in [1.29, 1.82) is 0 Å². The molecule has 3 aromatic rings. The Bertz CT molecular complexity index is 1060. The number of nitrogens with zero attached hydrogens (tertiary/aromatic N) is 4. The van der Waals surface area contributed by atoms with Crippen LogP contribution in [-0.2, 0) is 4.79 Å². The van der Waals surface area contributed by atoms with Gasteiger partial charge in [0.1, 0.15) is 5.82 Å². The largest absolute Gasteiger partial charge is 0.346 e. The van der Waals surface area contributed by atoms with Gasteiger partial charge in [0.05, 0.1) is 17.1 Å². The molecule has 0 radical (unpaired) electrons. The van der Waals surface area contributed by atoms with E-state index in [2.05, 4.69) is 25.3 Å². The van der Waals surface area contributed by atoms with Gasteiger partial charge in [-0.3, -0.25) is 19.3 Å². The van der Waals surface area contributed by atoms with E-state index in [1.165, 1.54) is 12.4 Å². The Morgan fingerprint density at radius 3 is 2.55 bits per heavy atom. The summed E-state index contributed by atoms with van der Waals surface area (Å²) >= 11 is 1.70. The lowest BCUT2D eigenvalue weighted by molar-refractivity contribution is -0.122. The SMILES string of the molecule is CSCCC(NC(=O)CCCN1C(=O)c2nccnc2C1=O)c1nc2ccccc2[nH]1. The lowest BCUT2D eigenvalue weighted by Gasteiger charge is -2.17. The predicted octanol–water partition coefficient (Wildman–Crippen LogP) is 2.34. The number of carbonyl (C=O) groups is 3. The molecule has 0 bridgehead atoms. The molecule has 1 aliphatic rings.